The summed E-state index contributed by atoms with van der Waals surface area (Å²) < 4.78 is 0. The van der Waals surface area contributed by atoms with Crippen LogP contribution in [0.1, 0.15) is 39.5 Å². The van der Waals surface area contributed by atoms with Crippen molar-refractivity contribution >= 4 is 11.9 Å². The average Bonchev–Trinajstić information content (AvgIpc) is 2.38. The van der Waals surface area contributed by atoms with E-state index in [0.717, 1.165) is 25.9 Å². The summed E-state index contributed by atoms with van der Waals surface area (Å²) in [6.07, 6.45) is 2.91. The third-order valence-electron chi connectivity index (χ3n) is 4.71. The number of nitrogens with zero attached hydrogens (tertiary/aromatic N) is 1. The Hall–Kier alpha value is -1.10. The molecule has 2 fully saturated rings. The van der Waals surface area contributed by atoms with Gasteiger partial charge in [0, 0.05) is 18.0 Å². The van der Waals surface area contributed by atoms with Crippen LogP contribution in [-0.2, 0) is 9.59 Å². The first kappa shape index (κ1) is 14.3. The molecule has 5 heteroatoms. The Morgan fingerprint density at radius 1 is 1.32 bits per heavy atom. The van der Waals surface area contributed by atoms with Crippen LogP contribution in [0, 0.1) is 11.3 Å². The Bertz CT molecular complexity index is 364. The van der Waals surface area contributed by atoms with Crippen molar-refractivity contribution in [1.29, 1.82) is 0 Å². The smallest absolute Gasteiger partial charge is 0.306 e. The topological polar surface area (TPSA) is 69.6 Å². The van der Waals surface area contributed by atoms with E-state index in [0.29, 0.717) is 19.4 Å². The van der Waals surface area contributed by atoms with E-state index in [1.54, 1.807) is 0 Å². The van der Waals surface area contributed by atoms with Gasteiger partial charge >= 0.3 is 5.97 Å². The fourth-order valence-corrected chi connectivity index (χ4v) is 3.24. The Balaban J connectivity index is 2.02. The largest absolute Gasteiger partial charge is 0.481 e. The zero-order valence-corrected chi connectivity index (χ0v) is 11.8. The molecule has 19 heavy (non-hydrogen) atoms. The van der Waals surface area contributed by atoms with Crippen molar-refractivity contribution in [2.45, 2.75) is 45.6 Å². The van der Waals surface area contributed by atoms with Gasteiger partial charge in [-0.3, -0.25) is 9.59 Å². The summed E-state index contributed by atoms with van der Waals surface area (Å²) >= 11 is 0. The molecule has 2 rings (SSSR count). The number of rotatable bonds is 2. The van der Waals surface area contributed by atoms with E-state index in [1.165, 1.54) is 0 Å². The van der Waals surface area contributed by atoms with Crippen LogP contribution < -0.4 is 5.32 Å². The van der Waals surface area contributed by atoms with Crippen molar-refractivity contribution in [1.82, 2.24) is 10.2 Å². The Morgan fingerprint density at radius 3 is 2.47 bits per heavy atom. The highest BCUT2D eigenvalue weighted by Crippen LogP contribution is 2.34. The summed E-state index contributed by atoms with van der Waals surface area (Å²) in [6.45, 7) is 6.38. The van der Waals surface area contributed by atoms with Crippen LogP contribution in [0.15, 0.2) is 0 Å². The number of amides is 1. The molecular formula is C14H24N2O3. The molecule has 0 aromatic rings. The van der Waals surface area contributed by atoms with E-state index in [9.17, 15) is 9.59 Å². The van der Waals surface area contributed by atoms with Gasteiger partial charge in [-0.1, -0.05) is 6.92 Å². The molecule has 0 spiro atoms. The van der Waals surface area contributed by atoms with Gasteiger partial charge in [-0.15, -0.1) is 0 Å². The quantitative estimate of drug-likeness (QED) is 0.786. The van der Waals surface area contributed by atoms with Gasteiger partial charge in [0.1, 0.15) is 0 Å². The van der Waals surface area contributed by atoms with Crippen molar-refractivity contribution in [2.24, 2.45) is 11.3 Å². The Labute approximate surface area is 114 Å². The first-order chi connectivity index (χ1) is 8.94. The number of carbonyl (C=O) groups is 2. The van der Waals surface area contributed by atoms with E-state index >= 15 is 0 Å². The third kappa shape index (κ3) is 2.91. The van der Waals surface area contributed by atoms with E-state index in [4.69, 9.17) is 5.11 Å². The maximum absolute atomic E-state index is 12.7. The number of likely N-dealkylation sites (tertiary alicyclic amines) is 1. The van der Waals surface area contributed by atoms with Gasteiger partial charge in [-0.25, -0.2) is 0 Å². The lowest BCUT2D eigenvalue weighted by Crippen LogP contribution is -2.53. The van der Waals surface area contributed by atoms with Gasteiger partial charge in [-0.05, 0) is 45.7 Å². The van der Waals surface area contributed by atoms with Gasteiger partial charge in [0.25, 0.3) is 0 Å². The predicted molar refractivity (Wildman–Crippen MR) is 71.7 cm³/mol. The van der Waals surface area contributed by atoms with E-state index in [2.05, 4.69) is 5.32 Å². The zero-order chi connectivity index (χ0) is 14.0. The SMILES string of the molecule is CC1CC(C(=O)O)CCN1C(=O)C1(C)CCNCC1. The minimum absolute atomic E-state index is 0.0362. The second-order valence-corrected chi connectivity index (χ2v) is 6.22. The highest BCUT2D eigenvalue weighted by molar-refractivity contribution is 5.83. The minimum atomic E-state index is -0.730. The monoisotopic (exact) mass is 268 g/mol. The van der Waals surface area contributed by atoms with Crippen molar-refractivity contribution in [3.05, 3.63) is 0 Å². The lowest BCUT2D eigenvalue weighted by atomic mass is 9.78. The number of carbonyl (C=O) groups excluding carboxylic acids is 1. The van der Waals surface area contributed by atoms with Crippen LogP contribution in [0.3, 0.4) is 0 Å². The number of hydrogen-bond donors (Lipinski definition) is 2. The van der Waals surface area contributed by atoms with Gasteiger partial charge in [0.05, 0.1) is 5.92 Å². The summed E-state index contributed by atoms with van der Waals surface area (Å²) in [7, 11) is 0. The first-order valence-electron chi connectivity index (χ1n) is 7.18. The van der Waals surface area contributed by atoms with Crippen molar-refractivity contribution in [3.63, 3.8) is 0 Å². The number of piperidine rings is 2. The van der Waals surface area contributed by atoms with Crippen LogP contribution in [0.25, 0.3) is 0 Å². The second kappa shape index (κ2) is 5.49. The van der Waals surface area contributed by atoms with Crippen LogP contribution in [-0.4, -0.2) is 47.6 Å². The lowest BCUT2D eigenvalue weighted by molar-refractivity contribution is -0.152. The molecule has 0 radical (unpaired) electrons. The van der Waals surface area contributed by atoms with Crippen molar-refractivity contribution < 1.29 is 14.7 Å². The van der Waals surface area contributed by atoms with Gasteiger partial charge in [-0.2, -0.15) is 0 Å². The molecule has 0 aromatic heterocycles. The average molecular weight is 268 g/mol. The molecule has 5 nitrogen and oxygen atoms in total. The van der Waals surface area contributed by atoms with Crippen molar-refractivity contribution in [2.75, 3.05) is 19.6 Å². The van der Waals surface area contributed by atoms with E-state index < -0.39 is 5.97 Å². The molecular weight excluding hydrogens is 244 g/mol. The molecule has 2 heterocycles. The van der Waals surface area contributed by atoms with Crippen molar-refractivity contribution in [3.8, 4) is 0 Å². The highest BCUT2D eigenvalue weighted by Gasteiger charge is 2.41. The third-order valence-corrected chi connectivity index (χ3v) is 4.71. The maximum Gasteiger partial charge on any atom is 0.306 e. The molecule has 1 amide bonds. The Morgan fingerprint density at radius 2 is 1.95 bits per heavy atom. The highest BCUT2D eigenvalue weighted by atomic mass is 16.4. The summed E-state index contributed by atoms with van der Waals surface area (Å²) in [5.41, 5.74) is -0.268. The van der Waals surface area contributed by atoms with Crippen LogP contribution in [0.2, 0.25) is 0 Å². The molecule has 2 atom stereocenters. The van der Waals surface area contributed by atoms with E-state index in [-0.39, 0.29) is 23.3 Å². The predicted octanol–water partition coefficient (Wildman–Crippen LogP) is 1.09. The summed E-state index contributed by atoms with van der Waals surface area (Å²) in [5, 5.41) is 12.4. The summed E-state index contributed by atoms with van der Waals surface area (Å²) in [4.78, 5) is 25.6. The van der Waals surface area contributed by atoms with Gasteiger partial charge in [0.15, 0.2) is 0 Å². The number of carboxylic acid groups (broad SMARTS) is 1. The van der Waals surface area contributed by atoms with E-state index in [1.807, 2.05) is 18.7 Å². The standard InChI is InChI=1S/C14H24N2O3/c1-10-9-11(12(17)18)3-8-16(10)13(19)14(2)4-6-15-7-5-14/h10-11,15H,3-9H2,1-2H3,(H,17,18). The van der Waals surface area contributed by atoms with Gasteiger partial charge in [0.2, 0.25) is 5.91 Å². The van der Waals surface area contributed by atoms with Crippen LogP contribution in [0.4, 0.5) is 0 Å². The fourth-order valence-electron chi connectivity index (χ4n) is 3.24. The Kier molecular flexibility index (Phi) is 4.13. The first-order valence-corrected chi connectivity index (χ1v) is 7.18. The molecule has 2 unspecified atom stereocenters. The number of carboxylic acids is 1. The lowest BCUT2D eigenvalue weighted by Gasteiger charge is -2.43. The molecule has 2 saturated heterocycles. The molecule has 2 N–H and O–H groups in total. The normalized spacial score (nSPS) is 30.9. The molecule has 2 aliphatic rings. The number of nitrogens with one attached hydrogen (secondary N) is 1. The molecule has 0 bridgehead atoms. The molecule has 0 aliphatic carbocycles. The zero-order valence-electron chi connectivity index (χ0n) is 11.8. The summed E-state index contributed by atoms with van der Waals surface area (Å²) in [6, 6.07) is 0.0362. The molecule has 108 valence electrons. The molecule has 2 aliphatic heterocycles. The van der Waals surface area contributed by atoms with Crippen LogP contribution in [0.5, 0.6) is 0 Å². The molecule has 0 saturated carbocycles. The molecule has 0 aromatic carbocycles. The van der Waals surface area contributed by atoms with Crippen LogP contribution >= 0.6 is 0 Å². The van der Waals surface area contributed by atoms with Gasteiger partial charge < -0.3 is 15.3 Å². The fraction of sp³-hybridized carbons (Fsp3) is 0.857. The number of aliphatic carboxylic acids is 1. The minimum Gasteiger partial charge on any atom is -0.481 e. The number of hydrogen-bond acceptors (Lipinski definition) is 3. The maximum atomic E-state index is 12.7. The summed E-state index contributed by atoms with van der Waals surface area (Å²) in [5.74, 6) is -0.808. The second-order valence-electron chi connectivity index (χ2n) is 6.22.